The van der Waals surface area contributed by atoms with Crippen LogP contribution in [-0.2, 0) is 15.4 Å². The smallest absolute Gasteiger partial charge is 0.168 e. The first-order valence-electron chi connectivity index (χ1n) is 7.90. The monoisotopic (exact) mass is 323 g/mol. The number of hydrogen-bond donors (Lipinski definition) is 1. The molecule has 1 aromatic rings. The molecular weight excluding hydrogens is 290 g/mol. The summed E-state index contributed by atoms with van der Waals surface area (Å²) in [6.07, 6.45) is 0. The van der Waals surface area contributed by atoms with Gasteiger partial charge >= 0.3 is 0 Å². The van der Waals surface area contributed by atoms with Crippen molar-refractivity contribution in [2.75, 3.05) is 12.8 Å². The summed E-state index contributed by atoms with van der Waals surface area (Å²) in [7, 11) is 0.993. The number of nitrogen functional groups attached to an aromatic ring is 1. The average molecular weight is 324 g/mol. The minimum atomic E-state index is -0.677. The van der Waals surface area contributed by atoms with Crippen LogP contribution in [0, 0.1) is 0 Å². The van der Waals surface area contributed by atoms with Gasteiger partial charge in [-0.3, -0.25) is 0 Å². The van der Waals surface area contributed by atoms with Crippen molar-refractivity contribution in [3.63, 3.8) is 0 Å². The highest BCUT2D eigenvalue weighted by atomic mass is 28.2. The topological polar surface area (TPSA) is 44.5 Å². The number of nitrogens with two attached hydrogens (primary N) is 1. The highest BCUT2D eigenvalue weighted by Crippen LogP contribution is 2.41. The Bertz CT molecular complexity index is 525. The highest BCUT2D eigenvalue weighted by Gasteiger charge is 2.30. The third-order valence-corrected chi connectivity index (χ3v) is 5.43. The molecule has 0 aliphatic heterocycles. The molecule has 0 fully saturated rings. The molecule has 0 spiro atoms. The first-order chi connectivity index (χ1) is 9.78. The second kappa shape index (κ2) is 6.24. The van der Waals surface area contributed by atoms with Gasteiger partial charge in [-0.05, 0) is 42.0 Å². The fourth-order valence-electron chi connectivity index (χ4n) is 2.23. The van der Waals surface area contributed by atoms with Crippen molar-refractivity contribution in [2.24, 2.45) is 0 Å². The van der Waals surface area contributed by atoms with Crippen molar-refractivity contribution < 1.29 is 9.16 Å². The van der Waals surface area contributed by atoms with Crippen LogP contribution in [0.25, 0.3) is 0 Å². The summed E-state index contributed by atoms with van der Waals surface area (Å²) in [5, 5.41) is 0.248. The quantitative estimate of drug-likeness (QED) is 0.669. The lowest BCUT2D eigenvalue weighted by atomic mass is 9.83. The van der Waals surface area contributed by atoms with Crippen molar-refractivity contribution in [3.05, 3.63) is 23.3 Å². The predicted molar refractivity (Wildman–Crippen MR) is 98.5 cm³/mol. The maximum atomic E-state index is 6.35. The van der Waals surface area contributed by atoms with Gasteiger partial charge in [0.15, 0.2) is 9.76 Å². The van der Waals surface area contributed by atoms with E-state index in [-0.39, 0.29) is 10.5 Å². The van der Waals surface area contributed by atoms with Crippen molar-refractivity contribution in [3.8, 4) is 5.75 Å². The molecule has 3 nitrogen and oxygen atoms in total. The molecule has 22 heavy (non-hydrogen) atoms. The van der Waals surface area contributed by atoms with Gasteiger partial charge < -0.3 is 14.9 Å². The zero-order valence-corrected chi connectivity index (χ0v) is 17.2. The van der Waals surface area contributed by atoms with E-state index in [4.69, 9.17) is 14.9 Å². The average Bonchev–Trinajstić information content (AvgIpc) is 2.33. The van der Waals surface area contributed by atoms with Crippen LogP contribution < -0.4 is 10.5 Å². The Hall–Kier alpha value is -1.00. The molecule has 1 aromatic carbocycles. The number of methoxy groups -OCH3 is 1. The van der Waals surface area contributed by atoms with Crippen LogP contribution in [0.1, 0.15) is 66.5 Å². The van der Waals surface area contributed by atoms with Crippen LogP contribution in [0.15, 0.2) is 12.1 Å². The van der Waals surface area contributed by atoms with E-state index >= 15 is 0 Å². The van der Waals surface area contributed by atoms with E-state index in [9.17, 15) is 0 Å². The number of ether oxygens (including phenoxy) is 1. The Morgan fingerprint density at radius 2 is 1.50 bits per heavy atom. The summed E-state index contributed by atoms with van der Waals surface area (Å²) in [6, 6.07) is 4.20. The zero-order valence-electron chi connectivity index (χ0n) is 15.8. The van der Waals surface area contributed by atoms with Crippen molar-refractivity contribution in [1.29, 1.82) is 0 Å². The maximum absolute atomic E-state index is 6.35. The lowest BCUT2D eigenvalue weighted by Gasteiger charge is -2.33. The number of hydrogen-bond acceptors (Lipinski definition) is 3. The lowest BCUT2D eigenvalue weighted by Crippen LogP contribution is -2.29. The van der Waals surface area contributed by atoms with Gasteiger partial charge in [-0.15, -0.1) is 0 Å². The SMILES string of the molecule is COc1c(N)cc(C(C)(C)C)cc1C(C)(C)O[SiH2]C(C)(C)C. The second-order valence-corrected chi connectivity index (χ2v) is 11.5. The lowest BCUT2D eigenvalue weighted by molar-refractivity contribution is 0.106. The molecule has 0 amide bonds. The molecule has 1 rings (SSSR count). The highest BCUT2D eigenvalue weighted by molar-refractivity contribution is 6.31. The van der Waals surface area contributed by atoms with Gasteiger partial charge in [0.1, 0.15) is 5.75 Å². The molecule has 0 aliphatic carbocycles. The van der Waals surface area contributed by atoms with E-state index < -0.39 is 15.4 Å². The molecule has 126 valence electrons. The Morgan fingerprint density at radius 3 is 1.91 bits per heavy atom. The third-order valence-electron chi connectivity index (χ3n) is 3.70. The van der Waals surface area contributed by atoms with Gasteiger partial charge in [-0.1, -0.05) is 41.5 Å². The summed E-state index contributed by atoms with van der Waals surface area (Å²) in [4.78, 5) is 0. The van der Waals surface area contributed by atoms with Crippen molar-refractivity contribution in [1.82, 2.24) is 0 Å². The first-order valence-corrected chi connectivity index (χ1v) is 9.19. The van der Waals surface area contributed by atoms with Gasteiger partial charge in [-0.2, -0.15) is 0 Å². The van der Waals surface area contributed by atoms with Crippen molar-refractivity contribution >= 4 is 15.5 Å². The summed E-state index contributed by atoms with van der Waals surface area (Å²) in [6.45, 7) is 17.5. The molecule has 0 aliphatic rings. The van der Waals surface area contributed by atoms with Gasteiger partial charge in [0.05, 0.1) is 18.4 Å². The molecule has 0 saturated heterocycles. The molecule has 4 heteroatoms. The maximum Gasteiger partial charge on any atom is 0.168 e. The normalized spacial score (nSPS) is 13.9. The molecule has 0 heterocycles. The minimum absolute atomic E-state index is 0.0344. The summed E-state index contributed by atoms with van der Waals surface area (Å²) < 4.78 is 11.9. The van der Waals surface area contributed by atoms with E-state index in [0.29, 0.717) is 5.69 Å². The Morgan fingerprint density at radius 1 is 0.955 bits per heavy atom. The number of rotatable bonds is 4. The number of benzene rings is 1. The van der Waals surface area contributed by atoms with Crippen LogP contribution >= 0.6 is 0 Å². The predicted octanol–water partition coefficient (Wildman–Crippen LogP) is 4.13. The van der Waals surface area contributed by atoms with Crippen LogP contribution in [0.3, 0.4) is 0 Å². The standard InChI is InChI=1S/C18H33NO2Si/c1-16(2,3)12-10-13(15(20-9)14(19)11-12)18(7,8)21-22-17(4,5)6/h10-11H,19,22H2,1-9H3. The van der Waals surface area contributed by atoms with Crippen LogP contribution in [0.2, 0.25) is 5.04 Å². The largest absolute Gasteiger partial charge is 0.494 e. The fraction of sp³-hybridized carbons (Fsp3) is 0.667. The van der Waals surface area contributed by atoms with Crippen LogP contribution in [0.4, 0.5) is 5.69 Å². The van der Waals surface area contributed by atoms with Gasteiger partial charge in [0, 0.05) is 5.56 Å². The van der Waals surface area contributed by atoms with Crippen LogP contribution in [-0.4, -0.2) is 16.9 Å². The summed E-state index contributed by atoms with van der Waals surface area (Å²) in [5.41, 5.74) is 8.79. The summed E-state index contributed by atoms with van der Waals surface area (Å²) >= 11 is 0. The minimum Gasteiger partial charge on any atom is -0.494 e. The molecular formula is C18H33NO2Si. The molecule has 0 atom stereocenters. The first kappa shape index (κ1) is 19.0. The van der Waals surface area contributed by atoms with Gasteiger partial charge in [0.25, 0.3) is 0 Å². The molecule has 0 bridgehead atoms. The molecule has 2 N–H and O–H groups in total. The molecule has 0 aromatic heterocycles. The Balaban J connectivity index is 3.33. The molecule has 0 saturated carbocycles. The second-order valence-electron chi connectivity index (χ2n) is 8.76. The Labute approximate surface area is 138 Å². The summed E-state index contributed by atoms with van der Waals surface area (Å²) in [5.74, 6) is 0.737. The number of anilines is 1. The van der Waals surface area contributed by atoms with E-state index in [2.05, 4.69) is 61.5 Å². The third kappa shape index (κ3) is 4.75. The van der Waals surface area contributed by atoms with E-state index in [1.165, 1.54) is 5.56 Å². The van der Waals surface area contributed by atoms with E-state index in [1.807, 2.05) is 6.07 Å². The van der Waals surface area contributed by atoms with Crippen LogP contribution in [0.5, 0.6) is 5.75 Å². The Kier molecular flexibility index (Phi) is 5.41. The van der Waals surface area contributed by atoms with Gasteiger partial charge in [0.2, 0.25) is 0 Å². The fourth-order valence-corrected chi connectivity index (χ4v) is 3.18. The van der Waals surface area contributed by atoms with Gasteiger partial charge in [-0.25, -0.2) is 0 Å². The zero-order chi connectivity index (χ0) is 17.3. The molecule has 0 radical (unpaired) electrons. The van der Waals surface area contributed by atoms with E-state index in [1.54, 1.807) is 7.11 Å². The molecule has 0 unspecified atom stereocenters. The van der Waals surface area contributed by atoms with E-state index in [0.717, 1.165) is 11.3 Å². The van der Waals surface area contributed by atoms with Crippen molar-refractivity contribution in [2.45, 2.75) is 71.4 Å².